The van der Waals surface area contributed by atoms with Crippen LogP contribution in [-0.4, -0.2) is 26.7 Å². The summed E-state index contributed by atoms with van der Waals surface area (Å²) in [6.45, 7) is 1.93. The number of hydrogen-bond acceptors (Lipinski definition) is 7. The Bertz CT molecular complexity index is 1150. The first-order valence-electron chi connectivity index (χ1n) is 8.22. The Morgan fingerprint density at radius 1 is 1.19 bits per heavy atom. The molecule has 4 rings (SSSR count). The molecule has 0 amide bonds. The van der Waals surface area contributed by atoms with E-state index in [4.69, 9.17) is 9.15 Å². The predicted octanol–water partition coefficient (Wildman–Crippen LogP) is 3.35. The lowest BCUT2D eigenvalue weighted by atomic mass is 10.2. The smallest absolute Gasteiger partial charge is 0.277 e. The van der Waals surface area contributed by atoms with E-state index in [1.165, 1.54) is 22.2 Å². The molecule has 0 radical (unpaired) electrons. The normalized spacial score (nSPS) is 11.0. The van der Waals surface area contributed by atoms with Gasteiger partial charge in [0.25, 0.3) is 10.8 Å². The van der Waals surface area contributed by atoms with Crippen molar-refractivity contribution >= 4 is 17.4 Å². The fourth-order valence-electron chi connectivity index (χ4n) is 2.64. The average Bonchev–Trinajstić information content (AvgIpc) is 3.16. The van der Waals surface area contributed by atoms with Gasteiger partial charge >= 0.3 is 0 Å². The molecule has 3 aromatic heterocycles. The molecule has 136 valence electrons. The van der Waals surface area contributed by atoms with Crippen molar-refractivity contribution < 1.29 is 9.15 Å². The van der Waals surface area contributed by atoms with E-state index < -0.39 is 0 Å². The lowest BCUT2D eigenvalue weighted by molar-refractivity contribution is 0.414. The molecule has 0 aliphatic carbocycles. The summed E-state index contributed by atoms with van der Waals surface area (Å²) in [5, 5.41) is 8.55. The highest BCUT2D eigenvalue weighted by Gasteiger charge is 2.11. The molecule has 27 heavy (non-hydrogen) atoms. The van der Waals surface area contributed by atoms with Crippen LogP contribution in [0.2, 0.25) is 0 Å². The van der Waals surface area contributed by atoms with Gasteiger partial charge in [-0.2, -0.15) is 0 Å². The van der Waals surface area contributed by atoms with Crippen molar-refractivity contribution in [3.8, 4) is 17.2 Å². The summed E-state index contributed by atoms with van der Waals surface area (Å²) in [4.78, 5) is 16.8. The van der Waals surface area contributed by atoms with Crippen LogP contribution in [0.3, 0.4) is 0 Å². The Kier molecular flexibility index (Phi) is 4.64. The summed E-state index contributed by atoms with van der Waals surface area (Å²) in [6, 6.07) is 12.7. The highest BCUT2D eigenvalue weighted by molar-refractivity contribution is 7.98. The molecule has 3 heterocycles. The van der Waals surface area contributed by atoms with E-state index in [9.17, 15) is 4.79 Å². The van der Waals surface area contributed by atoms with Crippen LogP contribution in [0.5, 0.6) is 5.75 Å². The molecule has 0 fully saturated rings. The molecule has 0 spiro atoms. The number of aromatic nitrogens is 4. The Labute approximate surface area is 159 Å². The summed E-state index contributed by atoms with van der Waals surface area (Å²) < 4.78 is 12.4. The van der Waals surface area contributed by atoms with E-state index in [1.54, 1.807) is 13.3 Å². The third-order valence-corrected chi connectivity index (χ3v) is 4.88. The molecule has 0 N–H and O–H groups in total. The van der Waals surface area contributed by atoms with Crippen LogP contribution in [0.1, 0.15) is 11.3 Å². The van der Waals surface area contributed by atoms with E-state index in [2.05, 4.69) is 15.2 Å². The number of thioether (sulfide) groups is 1. The first kappa shape index (κ1) is 17.3. The Balaban J connectivity index is 1.52. The maximum atomic E-state index is 12.3. The third-order valence-electron chi connectivity index (χ3n) is 4.03. The summed E-state index contributed by atoms with van der Waals surface area (Å²) in [7, 11) is 1.62. The number of ether oxygens (including phenoxy) is 1. The van der Waals surface area contributed by atoms with E-state index in [-0.39, 0.29) is 5.56 Å². The van der Waals surface area contributed by atoms with Gasteiger partial charge in [-0.1, -0.05) is 17.8 Å². The molecular formula is C19H16N4O3S. The Morgan fingerprint density at radius 2 is 2.00 bits per heavy atom. The fraction of sp³-hybridized carbons (Fsp3) is 0.158. The van der Waals surface area contributed by atoms with E-state index in [0.29, 0.717) is 28.2 Å². The number of fused-ring (bicyclic) bond motifs is 1. The molecule has 0 aliphatic heterocycles. The fourth-order valence-corrected chi connectivity index (χ4v) is 3.29. The molecule has 7 nitrogen and oxygen atoms in total. The lowest BCUT2D eigenvalue weighted by Crippen LogP contribution is -2.15. The van der Waals surface area contributed by atoms with Crippen molar-refractivity contribution in [1.82, 2.24) is 19.6 Å². The number of aryl methyl sites for hydroxylation is 1. The van der Waals surface area contributed by atoms with Gasteiger partial charge in [-0.3, -0.25) is 9.20 Å². The first-order chi connectivity index (χ1) is 13.1. The van der Waals surface area contributed by atoms with Crippen LogP contribution in [0.4, 0.5) is 0 Å². The zero-order valence-electron chi connectivity index (χ0n) is 14.7. The van der Waals surface area contributed by atoms with Crippen LogP contribution in [0.15, 0.2) is 63.1 Å². The van der Waals surface area contributed by atoms with Gasteiger partial charge < -0.3 is 9.15 Å². The molecular weight excluding hydrogens is 364 g/mol. The monoisotopic (exact) mass is 380 g/mol. The summed E-state index contributed by atoms with van der Waals surface area (Å²) in [5.41, 5.74) is 2.98. The summed E-state index contributed by atoms with van der Waals surface area (Å²) in [6.07, 6.45) is 1.72. The van der Waals surface area contributed by atoms with Crippen LogP contribution < -0.4 is 10.3 Å². The van der Waals surface area contributed by atoms with Crippen molar-refractivity contribution in [2.75, 3.05) is 7.11 Å². The van der Waals surface area contributed by atoms with Crippen molar-refractivity contribution in [2.24, 2.45) is 0 Å². The zero-order valence-corrected chi connectivity index (χ0v) is 15.6. The van der Waals surface area contributed by atoms with E-state index in [0.717, 1.165) is 16.9 Å². The Hall–Kier alpha value is -3.13. The topological polar surface area (TPSA) is 82.5 Å². The van der Waals surface area contributed by atoms with Gasteiger partial charge in [0.2, 0.25) is 5.89 Å². The van der Waals surface area contributed by atoms with Crippen LogP contribution in [-0.2, 0) is 5.75 Å². The SMILES string of the molecule is COc1ccc(-c2nnc(SCc3cc(=O)n4cccc(C)c4n3)o2)cc1. The standard InChI is InChI=1S/C19H16N4O3S/c1-12-4-3-9-23-16(24)10-14(20-17(12)23)11-27-19-22-21-18(26-19)13-5-7-15(25-2)8-6-13/h3-10H,11H2,1-2H3. The first-order valence-corrected chi connectivity index (χ1v) is 9.21. The highest BCUT2D eigenvalue weighted by atomic mass is 32.2. The maximum absolute atomic E-state index is 12.3. The zero-order chi connectivity index (χ0) is 18.8. The molecule has 8 heteroatoms. The van der Waals surface area contributed by atoms with Crippen molar-refractivity contribution in [3.05, 3.63) is 70.3 Å². The molecule has 0 unspecified atom stereocenters. The molecule has 1 aromatic carbocycles. The maximum Gasteiger partial charge on any atom is 0.277 e. The predicted molar refractivity (Wildman–Crippen MR) is 102 cm³/mol. The molecule has 0 saturated carbocycles. The van der Waals surface area contributed by atoms with Crippen molar-refractivity contribution in [3.63, 3.8) is 0 Å². The van der Waals surface area contributed by atoms with Gasteiger partial charge in [-0.25, -0.2) is 4.98 Å². The minimum Gasteiger partial charge on any atom is -0.497 e. The molecule has 0 atom stereocenters. The number of nitrogens with zero attached hydrogens (tertiary/aromatic N) is 4. The van der Waals surface area contributed by atoms with E-state index >= 15 is 0 Å². The van der Waals surface area contributed by atoms with E-state index in [1.807, 2.05) is 43.3 Å². The number of rotatable bonds is 5. The second kappa shape index (κ2) is 7.24. The molecule has 0 bridgehead atoms. The van der Waals surface area contributed by atoms with Gasteiger partial charge in [0.1, 0.15) is 11.4 Å². The second-order valence-electron chi connectivity index (χ2n) is 5.86. The summed E-state index contributed by atoms with van der Waals surface area (Å²) >= 11 is 1.34. The number of hydrogen-bond donors (Lipinski definition) is 0. The van der Waals surface area contributed by atoms with Gasteiger partial charge in [0.05, 0.1) is 12.8 Å². The van der Waals surface area contributed by atoms with Crippen LogP contribution in [0.25, 0.3) is 17.1 Å². The Morgan fingerprint density at radius 3 is 2.78 bits per heavy atom. The number of benzene rings is 1. The molecule has 0 aliphatic rings. The quantitative estimate of drug-likeness (QED) is 0.491. The van der Waals surface area contributed by atoms with Gasteiger partial charge in [-0.05, 0) is 42.8 Å². The lowest BCUT2D eigenvalue weighted by Gasteiger charge is -2.05. The van der Waals surface area contributed by atoms with Gasteiger partial charge in [-0.15, -0.1) is 10.2 Å². The third kappa shape index (κ3) is 3.56. The number of pyridine rings is 1. The minimum atomic E-state index is -0.108. The minimum absolute atomic E-state index is 0.108. The van der Waals surface area contributed by atoms with Crippen molar-refractivity contribution in [2.45, 2.75) is 17.9 Å². The van der Waals surface area contributed by atoms with Crippen molar-refractivity contribution in [1.29, 1.82) is 0 Å². The number of methoxy groups -OCH3 is 1. The largest absolute Gasteiger partial charge is 0.497 e. The molecule has 0 saturated heterocycles. The molecule has 4 aromatic rings. The average molecular weight is 380 g/mol. The van der Waals surface area contributed by atoms with Crippen LogP contribution in [0, 0.1) is 6.92 Å². The second-order valence-corrected chi connectivity index (χ2v) is 6.79. The highest BCUT2D eigenvalue weighted by Crippen LogP contribution is 2.26. The van der Waals surface area contributed by atoms with Gasteiger partial charge in [0.15, 0.2) is 0 Å². The van der Waals surface area contributed by atoms with Crippen LogP contribution >= 0.6 is 11.8 Å². The summed E-state index contributed by atoms with van der Waals surface area (Å²) in [5.74, 6) is 1.66. The van der Waals surface area contributed by atoms with Gasteiger partial charge in [0, 0.05) is 23.6 Å².